The second-order valence-electron chi connectivity index (χ2n) is 10.1. The monoisotopic (exact) mass is 572 g/mol. The van der Waals surface area contributed by atoms with Gasteiger partial charge in [-0.15, -0.1) is 0 Å². The number of benzene rings is 5. The summed E-state index contributed by atoms with van der Waals surface area (Å²) in [6.07, 6.45) is 1.81. The molecule has 0 fully saturated rings. The lowest BCUT2D eigenvalue weighted by molar-refractivity contribution is 1.07. The van der Waals surface area contributed by atoms with Crippen LogP contribution in [0.2, 0.25) is 5.02 Å². The van der Waals surface area contributed by atoms with Gasteiger partial charge in [0.15, 0.2) is 17.5 Å². The fraction of sp³-hybridized carbons (Fsp3) is 0. The van der Waals surface area contributed by atoms with Gasteiger partial charge < -0.3 is 0 Å². The lowest BCUT2D eigenvalue weighted by atomic mass is 9.96. The van der Waals surface area contributed by atoms with Crippen molar-refractivity contribution < 1.29 is 0 Å². The lowest BCUT2D eigenvalue weighted by Gasteiger charge is -2.12. The highest BCUT2D eigenvalue weighted by atomic mass is 35.5. The van der Waals surface area contributed by atoms with Crippen LogP contribution >= 0.6 is 11.6 Å². The maximum Gasteiger partial charge on any atom is 0.165 e. The predicted octanol–water partition coefficient (Wildman–Crippen LogP) is 9.92. The van der Waals surface area contributed by atoms with E-state index >= 15 is 0 Å². The molecule has 4 nitrogen and oxygen atoms in total. The van der Waals surface area contributed by atoms with Crippen LogP contribution in [0.25, 0.3) is 67.7 Å². The summed E-state index contributed by atoms with van der Waals surface area (Å²) < 4.78 is 0. The number of rotatable bonds is 6. The van der Waals surface area contributed by atoms with Crippen molar-refractivity contribution in [3.8, 4) is 67.7 Å². The average Bonchev–Trinajstić information content (AvgIpc) is 3.09. The third-order valence-electron chi connectivity index (χ3n) is 7.23. The summed E-state index contributed by atoms with van der Waals surface area (Å²) in [5.41, 5.74) is 8.91. The molecule has 0 spiro atoms. The standard InChI is InChI=1S/C38H25ClN4/c39-34-19-16-28(17-20-34)35-21-18-30(25-40-35)37-41-36(29-14-8-3-9-15-29)42-38(43-37)33-23-31(26-10-4-1-5-11-26)22-32(24-33)27-12-6-2-7-13-27/h1-25H. The summed E-state index contributed by atoms with van der Waals surface area (Å²) in [5.74, 6) is 1.76. The van der Waals surface area contributed by atoms with E-state index in [1.54, 1.807) is 0 Å². The first-order chi connectivity index (χ1) is 21.2. The molecule has 0 N–H and O–H groups in total. The van der Waals surface area contributed by atoms with E-state index in [-0.39, 0.29) is 0 Å². The van der Waals surface area contributed by atoms with Gasteiger partial charge in [-0.25, -0.2) is 15.0 Å². The van der Waals surface area contributed by atoms with Gasteiger partial charge in [-0.05, 0) is 64.7 Å². The summed E-state index contributed by atoms with van der Waals surface area (Å²) >= 11 is 6.08. The van der Waals surface area contributed by atoms with Crippen LogP contribution in [0.5, 0.6) is 0 Å². The van der Waals surface area contributed by atoms with Crippen LogP contribution in [0, 0.1) is 0 Å². The molecular formula is C38H25ClN4. The normalized spacial score (nSPS) is 10.9. The van der Waals surface area contributed by atoms with Crippen molar-refractivity contribution in [2.75, 3.05) is 0 Å². The van der Waals surface area contributed by atoms with E-state index in [9.17, 15) is 0 Å². The Morgan fingerprint density at radius 2 is 0.791 bits per heavy atom. The number of nitrogens with zero attached hydrogens (tertiary/aromatic N) is 4. The predicted molar refractivity (Wildman–Crippen MR) is 175 cm³/mol. The van der Waals surface area contributed by atoms with Gasteiger partial charge in [0, 0.05) is 33.5 Å². The van der Waals surface area contributed by atoms with Crippen LogP contribution in [0.15, 0.2) is 152 Å². The second kappa shape index (κ2) is 11.8. The summed E-state index contributed by atoms with van der Waals surface area (Å²) in [6.45, 7) is 0. The minimum Gasteiger partial charge on any atom is -0.255 e. The smallest absolute Gasteiger partial charge is 0.165 e. The van der Waals surface area contributed by atoms with Crippen LogP contribution in [-0.4, -0.2) is 19.9 Å². The molecule has 5 heteroatoms. The van der Waals surface area contributed by atoms with Crippen LogP contribution in [0.4, 0.5) is 0 Å². The summed E-state index contributed by atoms with van der Waals surface area (Å²) in [4.78, 5) is 19.6. The highest BCUT2D eigenvalue weighted by Crippen LogP contribution is 2.33. The minimum absolute atomic E-state index is 0.561. The zero-order chi connectivity index (χ0) is 29.0. The van der Waals surface area contributed by atoms with Crippen molar-refractivity contribution in [3.63, 3.8) is 0 Å². The molecule has 0 saturated heterocycles. The first kappa shape index (κ1) is 26.4. The maximum absolute atomic E-state index is 6.08. The van der Waals surface area contributed by atoms with Crippen LogP contribution < -0.4 is 0 Å². The number of halogens is 1. The van der Waals surface area contributed by atoms with Gasteiger partial charge in [-0.2, -0.15) is 0 Å². The third kappa shape index (κ3) is 5.82. The molecule has 2 heterocycles. The van der Waals surface area contributed by atoms with E-state index < -0.39 is 0 Å². The number of hydrogen-bond donors (Lipinski definition) is 0. The van der Waals surface area contributed by atoms with E-state index in [0.717, 1.165) is 50.2 Å². The number of aromatic nitrogens is 4. The van der Waals surface area contributed by atoms with E-state index in [1.165, 1.54) is 0 Å². The van der Waals surface area contributed by atoms with Gasteiger partial charge >= 0.3 is 0 Å². The fourth-order valence-corrected chi connectivity index (χ4v) is 5.15. The van der Waals surface area contributed by atoms with Crippen molar-refractivity contribution >= 4 is 11.6 Å². The summed E-state index contributed by atoms with van der Waals surface area (Å²) in [7, 11) is 0. The van der Waals surface area contributed by atoms with Crippen molar-refractivity contribution in [2.24, 2.45) is 0 Å². The van der Waals surface area contributed by atoms with Gasteiger partial charge in [-0.3, -0.25) is 4.98 Å². The Labute approximate surface area is 255 Å². The van der Waals surface area contributed by atoms with Crippen molar-refractivity contribution in [1.29, 1.82) is 0 Å². The molecule has 0 atom stereocenters. The molecule has 5 aromatic carbocycles. The molecule has 0 saturated carbocycles. The Balaban J connectivity index is 1.38. The van der Waals surface area contributed by atoms with Crippen LogP contribution in [0.3, 0.4) is 0 Å². The topological polar surface area (TPSA) is 51.6 Å². The zero-order valence-electron chi connectivity index (χ0n) is 23.1. The minimum atomic E-state index is 0.561. The van der Waals surface area contributed by atoms with Crippen LogP contribution in [0.1, 0.15) is 0 Å². The second-order valence-corrected chi connectivity index (χ2v) is 10.6. The molecule has 204 valence electrons. The molecule has 0 aliphatic heterocycles. The molecule has 0 amide bonds. The Morgan fingerprint density at radius 1 is 0.349 bits per heavy atom. The first-order valence-corrected chi connectivity index (χ1v) is 14.4. The Kier molecular flexibility index (Phi) is 7.26. The average molecular weight is 573 g/mol. The van der Waals surface area contributed by atoms with Crippen molar-refractivity contribution in [1.82, 2.24) is 19.9 Å². The van der Waals surface area contributed by atoms with Crippen molar-refractivity contribution in [3.05, 3.63) is 157 Å². The fourth-order valence-electron chi connectivity index (χ4n) is 5.02. The van der Waals surface area contributed by atoms with E-state index in [0.29, 0.717) is 22.5 Å². The SMILES string of the molecule is Clc1ccc(-c2ccc(-c3nc(-c4ccccc4)nc(-c4cc(-c5ccccc5)cc(-c5ccccc5)c4)n3)cn2)cc1. The molecule has 7 rings (SSSR count). The van der Waals surface area contributed by atoms with E-state index in [4.69, 9.17) is 31.5 Å². The first-order valence-electron chi connectivity index (χ1n) is 14.0. The van der Waals surface area contributed by atoms with E-state index in [2.05, 4.69) is 66.7 Å². The van der Waals surface area contributed by atoms with Crippen LogP contribution in [-0.2, 0) is 0 Å². The summed E-state index contributed by atoms with van der Waals surface area (Å²) in [5, 5.41) is 0.693. The molecule has 7 aromatic rings. The van der Waals surface area contributed by atoms with Gasteiger partial charge in [0.25, 0.3) is 0 Å². The Hall–Kier alpha value is -5.45. The molecule has 0 unspecified atom stereocenters. The third-order valence-corrected chi connectivity index (χ3v) is 7.49. The highest BCUT2D eigenvalue weighted by Gasteiger charge is 2.15. The van der Waals surface area contributed by atoms with Gasteiger partial charge in [0.2, 0.25) is 0 Å². The molecule has 0 radical (unpaired) electrons. The quantitative estimate of drug-likeness (QED) is 0.199. The number of hydrogen-bond acceptors (Lipinski definition) is 4. The zero-order valence-corrected chi connectivity index (χ0v) is 23.9. The highest BCUT2D eigenvalue weighted by molar-refractivity contribution is 6.30. The molecule has 0 aliphatic carbocycles. The molecule has 43 heavy (non-hydrogen) atoms. The maximum atomic E-state index is 6.08. The molecular weight excluding hydrogens is 548 g/mol. The van der Waals surface area contributed by atoms with Gasteiger partial charge in [-0.1, -0.05) is 115 Å². The lowest BCUT2D eigenvalue weighted by Crippen LogP contribution is -2.01. The molecule has 0 bridgehead atoms. The molecule has 2 aromatic heterocycles. The molecule has 0 aliphatic rings. The Morgan fingerprint density at radius 3 is 1.30 bits per heavy atom. The Bertz CT molecular complexity index is 1940. The van der Waals surface area contributed by atoms with Gasteiger partial charge in [0.1, 0.15) is 0 Å². The number of pyridine rings is 1. The van der Waals surface area contributed by atoms with Crippen molar-refractivity contribution in [2.45, 2.75) is 0 Å². The largest absolute Gasteiger partial charge is 0.255 e. The summed E-state index contributed by atoms with van der Waals surface area (Å²) in [6, 6.07) is 48.9. The van der Waals surface area contributed by atoms with Gasteiger partial charge in [0.05, 0.1) is 5.69 Å². The van der Waals surface area contributed by atoms with E-state index in [1.807, 2.05) is 85.1 Å².